The SMILES string of the molecule is CCCCCCCCCCN1C(=O)c2cccc3c(N4CCN(CCN)CC4)ccc(c23)C1=O. The molecule has 0 unspecified atom stereocenters. The lowest BCUT2D eigenvalue weighted by atomic mass is 9.92. The number of rotatable bonds is 12. The molecule has 34 heavy (non-hydrogen) atoms. The highest BCUT2D eigenvalue weighted by molar-refractivity contribution is 6.26. The highest BCUT2D eigenvalue weighted by Gasteiger charge is 2.33. The van der Waals surface area contributed by atoms with Gasteiger partial charge in [-0.25, -0.2) is 0 Å². The van der Waals surface area contributed by atoms with Gasteiger partial charge in [0.15, 0.2) is 0 Å². The van der Waals surface area contributed by atoms with Crippen molar-refractivity contribution in [2.24, 2.45) is 5.73 Å². The molecular weight excluding hydrogens is 424 g/mol. The molecule has 2 amide bonds. The van der Waals surface area contributed by atoms with E-state index in [1.807, 2.05) is 18.2 Å². The Morgan fingerprint density at radius 2 is 1.41 bits per heavy atom. The minimum absolute atomic E-state index is 0.143. The molecule has 2 N–H and O–H groups in total. The van der Waals surface area contributed by atoms with E-state index in [1.165, 1.54) is 43.4 Å². The lowest BCUT2D eigenvalue weighted by Gasteiger charge is -2.37. The summed E-state index contributed by atoms with van der Waals surface area (Å²) in [7, 11) is 0. The van der Waals surface area contributed by atoms with E-state index < -0.39 is 0 Å². The first-order chi connectivity index (χ1) is 16.7. The summed E-state index contributed by atoms with van der Waals surface area (Å²) in [6.07, 6.45) is 9.54. The zero-order valence-electron chi connectivity index (χ0n) is 20.7. The predicted molar refractivity (Wildman–Crippen MR) is 140 cm³/mol. The average Bonchev–Trinajstić information content (AvgIpc) is 2.86. The standard InChI is InChI=1S/C28H40N4O2/c1-2-3-4-5-6-7-8-9-16-32-27(33)23-12-10-11-22-25(14-13-24(26(22)23)28(32)34)31-20-18-30(17-15-29)19-21-31/h10-14H,2-9,15-21,29H2,1H3. The van der Waals surface area contributed by atoms with E-state index in [0.717, 1.165) is 62.0 Å². The third-order valence-corrected chi connectivity index (χ3v) is 7.36. The number of hydrogen-bond donors (Lipinski definition) is 1. The van der Waals surface area contributed by atoms with E-state index >= 15 is 0 Å². The maximum Gasteiger partial charge on any atom is 0.261 e. The van der Waals surface area contributed by atoms with Crippen molar-refractivity contribution in [2.45, 2.75) is 58.3 Å². The Morgan fingerprint density at radius 1 is 0.765 bits per heavy atom. The highest BCUT2D eigenvalue weighted by Crippen LogP contribution is 2.36. The van der Waals surface area contributed by atoms with Crippen molar-refractivity contribution < 1.29 is 9.59 Å². The summed E-state index contributed by atoms with van der Waals surface area (Å²) in [4.78, 5) is 32.9. The predicted octanol–water partition coefficient (Wildman–Crippen LogP) is 4.66. The number of piperazine rings is 1. The molecule has 0 saturated carbocycles. The summed E-state index contributed by atoms with van der Waals surface area (Å²) < 4.78 is 0. The summed E-state index contributed by atoms with van der Waals surface area (Å²) in [5.74, 6) is -0.285. The minimum atomic E-state index is -0.143. The number of nitrogens with zero attached hydrogens (tertiary/aromatic N) is 3. The van der Waals surface area contributed by atoms with Crippen molar-refractivity contribution in [3.8, 4) is 0 Å². The van der Waals surface area contributed by atoms with E-state index in [-0.39, 0.29) is 11.8 Å². The van der Waals surface area contributed by atoms with E-state index in [9.17, 15) is 9.59 Å². The molecule has 1 saturated heterocycles. The van der Waals surface area contributed by atoms with Crippen LogP contribution in [0.15, 0.2) is 30.3 Å². The summed E-state index contributed by atoms with van der Waals surface area (Å²) >= 11 is 0. The molecule has 2 aromatic rings. The van der Waals surface area contributed by atoms with Crippen molar-refractivity contribution >= 4 is 28.3 Å². The smallest absolute Gasteiger partial charge is 0.261 e. The van der Waals surface area contributed by atoms with Crippen molar-refractivity contribution in [3.05, 3.63) is 41.5 Å². The largest absolute Gasteiger partial charge is 0.368 e. The Morgan fingerprint density at radius 3 is 2.09 bits per heavy atom. The van der Waals surface area contributed by atoms with Gasteiger partial charge >= 0.3 is 0 Å². The molecule has 4 rings (SSSR count). The molecule has 0 aliphatic carbocycles. The fourth-order valence-electron chi connectivity index (χ4n) is 5.41. The Kier molecular flexibility index (Phi) is 8.57. The van der Waals surface area contributed by atoms with Gasteiger partial charge in [-0.2, -0.15) is 0 Å². The maximum atomic E-state index is 13.3. The maximum absolute atomic E-state index is 13.3. The first kappa shape index (κ1) is 24.7. The molecule has 2 aliphatic heterocycles. The van der Waals surface area contributed by atoms with Crippen LogP contribution >= 0.6 is 0 Å². The lowest BCUT2D eigenvalue weighted by molar-refractivity contribution is 0.0607. The van der Waals surface area contributed by atoms with Gasteiger partial charge in [0.1, 0.15) is 0 Å². The third-order valence-electron chi connectivity index (χ3n) is 7.36. The Labute approximate surface area is 204 Å². The molecular formula is C28H40N4O2. The molecule has 2 aromatic carbocycles. The lowest BCUT2D eigenvalue weighted by Crippen LogP contribution is -2.48. The molecule has 0 atom stereocenters. The second-order valence-electron chi connectivity index (χ2n) is 9.71. The van der Waals surface area contributed by atoms with Gasteiger partial charge in [0.05, 0.1) is 0 Å². The Hall–Kier alpha value is -2.44. The summed E-state index contributed by atoms with van der Waals surface area (Å²) in [5, 5.41) is 1.84. The number of hydrogen-bond acceptors (Lipinski definition) is 5. The fourth-order valence-corrected chi connectivity index (χ4v) is 5.41. The number of benzene rings is 2. The number of unbranched alkanes of at least 4 members (excludes halogenated alkanes) is 7. The number of amides is 2. The van der Waals surface area contributed by atoms with Gasteiger partial charge in [-0.1, -0.05) is 64.0 Å². The average molecular weight is 465 g/mol. The molecule has 2 heterocycles. The molecule has 6 heteroatoms. The monoisotopic (exact) mass is 464 g/mol. The van der Waals surface area contributed by atoms with Gasteiger partial charge in [-0.05, 0) is 24.6 Å². The van der Waals surface area contributed by atoms with Crippen LogP contribution in [0, 0.1) is 0 Å². The minimum Gasteiger partial charge on any atom is -0.368 e. The molecule has 2 aliphatic rings. The van der Waals surface area contributed by atoms with Crippen LogP contribution in [0.5, 0.6) is 0 Å². The molecule has 6 nitrogen and oxygen atoms in total. The van der Waals surface area contributed by atoms with Crippen molar-refractivity contribution in [2.75, 3.05) is 50.7 Å². The summed E-state index contributed by atoms with van der Waals surface area (Å²) in [6, 6.07) is 9.89. The number of carbonyl (C=O) groups excluding carboxylic acids is 2. The first-order valence-corrected chi connectivity index (χ1v) is 13.2. The van der Waals surface area contributed by atoms with Crippen LogP contribution in [0.25, 0.3) is 10.8 Å². The van der Waals surface area contributed by atoms with Crippen molar-refractivity contribution in [1.29, 1.82) is 0 Å². The van der Waals surface area contributed by atoms with E-state index in [0.29, 0.717) is 24.2 Å². The highest BCUT2D eigenvalue weighted by atomic mass is 16.2. The van der Waals surface area contributed by atoms with Crippen LogP contribution in [0.4, 0.5) is 5.69 Å². The van der Waals surface area contributed by atoms with Crippen LogP contribution in [0.3, 0.4) is 0 Å². The number of nitrogens with two attached hydrogens (primary N) is 1. The van der Waals surface area contributed by atoms with Gasteiger partial charge in [-0.15, -0.1) is 0 Å². The normalized spacial score (nSPS) is 16.6. The number of carbonyl (C=O) groups is 2. The zero-order chi connectivity index (χ0) is 23.9. The number of anilines is 1. The van der Waals surface area contributed by atoms with Crippen LogP contribution in [0.2, 0.25) is 0 Å². The molecule has 0 spiro atoms. The molecule has 0 bridgehead atoms. The van der Waals surface area contributed by atoms with Crippen LogP contribution in [-0.4, -0.2) is 67.4 Å². The van der Waals surface area contributed by atoms with Gasteiger partial charge in [0.25, 0.3) is 11.8 Å². The van der Waals surface area contributed by atoms with Crippen LogP contribution in [0.1, 0.15) is 79.0 Å². The zero-order valence-corrected chi connectivity index (χ0v) is 20.7. The number of imide groups is 1. The van der Waals surface area contributed by atoms with Gasteiger partial charge in [0.2, 0.25) is 0 Å². The van der Waals surface area contributed by atoms with Gasteiger partial charge in [-0.3, -0.25) is 19.4 Å². The Balaban J connectivity index is 1.45. The molecule has 184 valence electrons. The van der Waals surface area contributed by atoms with E-state index in [1.54, 1.807) is 0 Å². The van der Waals surface area contributed by atoms with Gasteiger partial charge in [0, 0.05) is 73.4 Å². The second kappa shape index (κ2) is 11.8. The second-order valence-corrected chi connectivity index (χ2v) is 9.71. The summed E-state index contributed by atoms with van der Waals surface area (Å²) in [6.45, 7) is 8.14. The topological polar surface area (TPSA) is 69.9 Å². The molecule has 1 fully saturated rings. The third kappa shape index (κ3) is 5.28. The fraction of sp³-hybridized carbons (Fsp3) is 0.571. The van der Waals surface area contributed by atoms with E-state index in [4.69, 9.17) is 5.73 Å². The van der Waals surface area contributed by atoms with Crippen LogP contribution < -0.4 is 10.6 Å². The van der Waals surface area contributed by atoms with Crippen molar-refractivity contribution in [3.63, 3.8) is 0 Å². The first-order valence-electron chi connectivity index (χ1n) is 13.2. The Bertz CT molecular complexity index is 975. The quantitative estimate of drug-likeness (QED) is 0.366. The summed E-state index contributed by atoms with van der Waals surface area (Å²) in [5.41, 5.74) is 8.16. The molecule has 0 radical (unpaired) electrons. The van der Waals surface area contributed by atoms with E-state index in [2.05, 4.69) is 28.9 Å². The van der Waals surface area contributed by atoms with Gasteiger partial charge < -0.3 is 10.6 Å². The van der Waals surface area contributed by atoms with Crippen LogP contribution in [-0.2, 0) is 0 Å². The van der Waals surface area contributed by atoms with Crippen molar-refractivity contribution in [1.82, 2.24) is 9.80 Å². The molecule has 0 aromatic heterocycles.